The van der Waals surface area contributed by atoms with Crippen LogP contribution in [0.3, 0.4) is 0 Å². The highest BCUT2D eigenvalue weighted by molar-refractivity contribution is 5.99. The Morgan fingerprint density at radius 3 is 2.86 bits per heavy atom. The summed E-state index contributed by atoms with van der Waals surface area (Å²) in [6.07, 6.45) is 3.30. The third-order valence-corrected chi connectivity index (χ3v) is 4.12. The number of aromatic nitrogens is 5. The highest BCUT2D eigenvalue weighted by Crippen LogP contribution is 2.20. The Morgan fingerprint density at radius 1 is 1.21 bits per heavy atom. The number of carbonyl (C=O) groups is 1. The van der Waals surface area contributed by atoms with Crippen LogP contribution in [0.15, 0.2) is 48.8 Å². The van der Waals surface area contributed by atoms with Crippen LogP contribution in [-0.4, -0.2) is 30.2 Å². The summed E-state index contributed by atoms with van der Waals surface area (Å²) in [5, 5.41) is 3.07. The van der Waals surface area contributed by atoms with Gasteiger partial charge in [-0.3, -0.25) is 9.20 Å². The zero-order valence-electron chi connectivity index (χ0n) is 14.9. The number of anilines is 1. The molecule has 1 amide bonds. The van der Waals surface area contributed by atoms with Gasteiger partial charge in [0.2, 0.25) is 11.8 Å². The average Bonchev–Trinajstić information content (AvgIpc) is 3.10. The smallest absolute Gasteiger partial charge is 0.250 e. The number of fused-ring (bicyclic) bond motifs is 1. The van der Waals surface area contributed by atoms with Crippen molar-refractivity contribution >= 4 is 17.4 Å². The summed E-state index contributed by atoms with van der Waals surface area (Å²) in [7, 11) is 0. The lowest BCUT2D eigenvalue weighted by Gasteiger charge is -2.08. The number of primary amides is 1. The lowest BCUT2D eigenvalue weighted by molar-refractivity contribution is 0.100. The molecule has 3 aromatic heterocycles. The number of benzene rings is 1. The number of nitrogens with zero attached hydrogens (tertiary/aromatic N) is 5. The molecule has 0 saturated carbocycles. The number of carbonyl (C=O) groups excluding carboxylic acids is 1. The van der Waals surface area contributed by atoms with Crippen LogP contribution in [0.1, 0.15) is 21.7 Å². The maximum atomic E-state index is 13.3. The molecular weight excluding hydrogens is 361 g/mol. The van der Waals surface area contributed by atoms with E-state index in [2.05, 4.69) is 25.3 Å². The topological polar surface area (TPSA) is 111 Å². The van der Waals surface area contributed by atoms with E-state index in [1.165, 1.54) is 12.1 Å². The maximum Gasteiger partial charge on any atom is 0.250 e. The zero-order chi connectivity index (χ0) is 19.7. The predicted molar refractivity (Wildman–Crippen MR) is 101 cm³/mol. The minimum atomic E-state index is -0.540. The molecule has 8 nitrogen and oxygen atoms in total. The van der Waals surface area contributed by atoms with Gasteiger partial charge in [-0.15, -0.1) is 0 Å². The average molecular weight is 377 g/mol. The van der Waals surface area contributed by atoms with Crippen molar-refractivity contribution in [2.75, 3.05) is 5.32 Å². The molecule has 9 heteroatoms. The Kier molecular flexibility index (Phi) is 4.40. The highest BCUT2D eigenvalue weighted by atomic mass is 19.1. The summed E-state index contributed by atoms with van der Waals surface area (Å²) >= 11 is 0. The summed E-state index contributed by atoms with van der Waals surface area (Å²) in [6, 6.07) is 9.61. The first-order chi connectivity index (χ1) is 13.5. The van der Waals surface area contributed by atoms with Crippen molar-refractivity contribution < 1.29 is 9.18 Å². The summed E-state index contributed by atoms with van der Waals surface area (Å²) in [5.74, 6) is 0.791. The lowest BCUT2D eigenvalue weighted by Crippen LogP contribution is -2.12. The second-order valence-corrected chi connectivity index (χ2v) is 6.14. The molecule has 0 aliphatic carbocycles. The third kappa shape index (κ3) is 3.37. The minimum Gasteiger partial charge on any atom is -0.366 e. The molecule has 4 aromatic rings. The fourth-order valence-corrected chi connectivity index (χ4v) is 2.88. The molecule has 140 valence electrons. The van der Waals surface area contributed by atoms with Crippen molar-refractivity contribution in [3.63, 3.8) is 0 Å². The molecule has 1 aromatic carbocycles. The van der Waals surface area contributed by atoms with Crippen LogP contribution in [0.4, 0.5) is 10.3 Å². The van der Waals surface area contributed by atoms with Crippen LogP contribution in [-0.2, 0) is 6.54 Å². The molecule has 0 radical (unpaired) electrons. The van der Waals surface area contributed by atoms with E-state index in [4.69, 9.17) is 5.73 Å². The molecule has 0 bridgehead atoms. The van der Waals surface area contributed by atoms with Gasteiger partial charge < -0.3 is 11.1 Å². The first-order valence-corrected chi connectivity index (χ1v) is 8.48. The number of halogens is 1. The van der Waals surface area contributed by atoms with Crippen molar-refractivity contribution in [1.82, 2.24) is 24.3 Å². The predicted octanol–water partition coefficient (Wildman–Crippen LogP) is 2.34. The molecule has 3 heterocycles. The Bertz CT molecular complexity index is 1190. The van der Waals surface area contributed by atoms with E-state index in [1.54, 1.807) is 48.0 Å². The number of imidazole rings is 1. The van der Waals surface area contributed by atoms with E-state index in [1.807, 2.05) is 0 Å². The van der Waals surface area contributed by atoms with Gasteiger partial charge in [0, 0.05) is 12.7 Å². The molecule has 0 aliphatic rings. The fraction of sp³-hybridized carbons (Fsp3) is 0.105. The minimum absolute atomic E-state index is 0.305. The van der Waals surface area contributed by atoms with Gasteiger partial charge in [0.25, 0.3) is 5.91 Å². The summed E-state index contributed by atoms with van der Waals surface area (Å²) in [4.78, 5) is 29.0. The largest absolute Gasteiger partial charge is 0.366 e. The van der Waals surface area contributed by atoms with E-state index in [9.17, 15) is 9.18 Å². The molecule has 3 N–H and O–H groups in total. The summed E-state index contributed by atoms with van der Waals surface area (Å²) in [5.41, 5.74) is 7.11. The van der Waals surface area contributed by atoms with Crippen LogP contribution in [0.5, 0.6) is 0 Å². The van der Waals surface area contributed by atoms with Crippen LogP contribution < -0.4 is 11.1 Å². The number of pyridine rings is 1. The zero-order valence-corrected chi connectivity index (χ0v) is 14.9. The number of aryl methyl sites for hydroxylation is 1. The van der Waals surface area contributed by atoms with Crippen LogP contribution in [0, 0.1) is 12.7 Å². The number of hydrogen-bond acceptors (Lipinski definition) is 6. The van der Waals surface area contributed by atoms with Gasteiger partial charge >= 0.3 is 0 Å². The van der Waals surface area contributed by atoms with E-state index >= 15 is 0 Å². The highest BCUT2D eigenvalue weighted by Gasteiger charge is 2.15. The Hall–Kier alpha value is -3.88. The molecule has 0 spiro atoms. The quantitative estimate of drug-likeness (QED) is 0.552. The van der Waals surface area contributed by atoms with E-state index in [0.717, 1.165) is 5.56 Å². The summed E-state index contributed by atoms with van der Waals surface area (Å²) < 4.78 is 15.0. The fourth-order valence-electron chi connectivity index (χ4n) is 2.88. The van der Waals surface area contributed by atoms with Crippen molar-refractivity contribution in [3.8, 4) is 11.6 Å². The van der Waals surface area contributed by atoms with E-state index < -0.39 is 5.91 Å². The Labute approximate surface area is 159 Å². The summed E-state index contributed by atoms with van der Waals surface area (Å²) in [6.45, 7) is 2.10. The van der Waals surface area contributed by atoms with Gasteiger partial charge in [-0.25, -0.2) is 14.4 Å². The lowest BCUT2D eigenvalue weighted by atomic mass is 10.2. The monoisotopic (exact) mass is 377 g/mol. The Morgan fingerprint density at radius 2 is 2.07 bits per heavy atom. The molecule has 0 aliphatic heterocycles. The second kappa shape index (κ2) is 7.03. The van der Waals surface area contributed by atoms with Crippen LogP contribution in [0.25, 0.3) is 17.2 Å². The second-order valence-electron chi connectivity index (χ2n) is 6.14. The first kappa shape index (κ1) is 17.5. The molecule has 0 fully saturated rings. The van der Waals surface area contributed by atoms with E-state index in [-0.39, 0.29) is 5.82 Å². The molecule has 4 rings (SSSR count). The third-order valence-electron chi connectivity index (χ3n) is 4.12. The standard InChI is InChI=1S/C19H16FN7O/c1-11-24-17(18-22-10-15-14(16(21)28)6-3-7-27(15)18)26-19(25-11)23-9-12-4-2-5-13(20)8-12/h2-8,10H,9H2,1H3,(H2,21,28)(H,23,24,25,26). The molecular formula is C19H16FN7O. The Balaban J connectivity index is 1.68. The van der Waals surface area contributed by atoms with Gasteiger partial charge in [-0.05, 0) is 36.8 Å². The van der Waals surface area contributed by atoms with Crippen molar-refractivity contribution in [2.45, 2.75) is 13.5 Å². The number of amides is 1. The molecule has 28 heavy (non-hydrogen) atoms. The SMILES string of the molecule is Cc1nc(NCc2cccc(F)c2)nc(-c2ncc3c(C(N)=O)cccn23)n1. The normalized spacial score (nSPS) is 10.9. The number of hydrogen-bond donors (Lipinski definition) is 2. The number of rotatable bonds is 5. The van der Waals surface area contributed by atoms with Gasteiger partial charge in [0.15, 0.2) is 5.82 Å². The molecule has 0 atom stereocenters. The van der Waals surface area contributed by atoms with Gasteiger partial charge in [0.05, 0.1) is 17.3 Å². The van der Waals surface area contributed by atoms with Gasteiger partial charge in [-0.1, -0.05) is 12.1 Å². The maximum absolute atomic E-state index is 13.3. The van der Waals surface area contributed by atoms with Crippen LogP contribution >= 0.6 is 0 Å². The van der Waals surface area contributed by atoms with Crippen molar-refractivity contribution in [2.24, 2.45) is 5.73 Å². The van der Waals surface area contributed by atoms with Gasteiger partial charge in [0.1, 0.15) is 11.6 Å². The number of nitrogens with two attached hydrogens (primary N) is 1. The van der Waals surface area contributed by atoms with Crippen molar-refractivity contribution in [3.05, 3.63) is 71.6 Å². The molecule has 0 unspecified atom stereocenters. The van der Waals surface area contributed by atoms with Gasteiger partial charge in [-0.2, -0.15) is 9.97 Å². The van der Waals surface area contributed by atoms with E-state index in [0.29, 0.717) is 41.0 Å². The van der Waals surface area contributed by atoms with Crippen molar-refractivity contribution in [1.29, 1.82) is 0 Å². The van der Waals surface area contributed by atoms with Crippen LogP contribution in [0.2, 0.25) is 0 Å². The first-order valence-electron chi connectivity index (χ1n) is 8.48. The number of nitrogens with one attached hydrogen (secondary N) is 1. The molecule has 0 saturated heterocycles.